The second-order valence-electron chi connectivity index (χ2n) is 12.4. The number of aromatic nitrogens is 1. The van der Waals surface area contributed by atoms with Gasteiger partial charge in [-0.25, -0.2) is 4.79 Å². The van der Waals surface area contributed by atoms with Gasteiger partial charge in [0.15, 0.2) is 0 Å². The Bertz CT molecular complexity index is 1530. The summed E-state index contributed by atoms with van der Waals surface area (Å²) in [5.74, 6) is -0.0258. The van der Waals surface area contributed by atoms with Gasteiger partial charge in [0, 0.05) is 23.7 Å². The lowest BCUT2D eigenvalue weighted by Gasteiger charge is -2.40. The molecular formula is C32H37N3O6. The van der Waals surface area contributed by atoms with Crippen LogP contribution in [0.4, 0.5) is 4.79 Å². The smallest absolute Gasteiger partial charge is 0.410 e. The average molecular weight is 560 g/mol. The van der Waals surface area contributed by atoms with Gasteiger partial charge in [0.05, 0.1) is 44.0 Å². The van der Waals surface area contributed by atoms with Gasteiger partial charge in [0.1, 0.15) is 5.60 Å². The highest BCUT2D eigenvalue weighted by Gasteiger charge is 2.41. The van der Waals surface area contributed by atoms with E-state index >= 15 is 0 Å². The van der Waals surface area contributed by atoms with E-state index in [-0.39, 0.29) is 30.1 Å². The van der Waals surface area contributed by atoms with E-state index in [1.165, 1.54) is 4.57 Å². The third-order valence-corrected chi connectivity index (χ3v) is 8.44. The predicted molar refractivity (Wildman–Crippen MR) is 154 cm³/mol. The van der Waals surface area contributed by atoms with Crippen molar-refractivity contribution < 1.29 is 24.2 Å². The largest absolute Gasteiger partial charge is 0.444 e. The monoisotopic (exact) mass is 559 g/mol. The molecule has 9 nitrogen and oxygen atoms in total. The Balaban J connectivity index is 1.24. The Kier molecular flexibility index (Phi) is 7.11. The number of pyridine rings is 1. The van der Waals surface area contributed by atoms with Crippen molar-refractivity contribution in [1.29, 1.82) is 0 Å². The van der Waals surface area contributed by atoms with Crippen LogP contribution in [0, 0.1) is 0 Å². The minimum Gasteiger partial charge on any atom is -0.444 e. The van der Waals surface area contributed by atoms with E-state index < -0.39 is 23.8 Å². The van der Waals surface area contributed by atoms with Crippen LogP contribution in [-0.2, 0) is 29.0 Å². The van der Waals surface area contributed by atoms with E-state index in [1.54, 1.807) is 35.4 Å². The summed E-state index contributed by atoms with van der Waals surface area (Å²) in [4.78, 5) is 43.5. The van der Waals surface area contributed by atoms with Crippen molar-refractivity contribution in [3.8, 4) is 0 Å². The molecular weight excluding hydrogens is 522 g/mol. The van der Waals surface area contributed by atoms with Crippen LogP contribution in [0.3, 0.4) is 0 Å². The maximum Gasteiger partial charge on any atom is 0.410 e. The van der Waals surface area contributed by atoms with Crippen LogP contribution in [0.25, 0.3) is 10.8 Å². The number of carbonyl (C=O) groups is 2. The van der Waals surface area contributed by atoms with Gasteiger partial charge < -0.3 is 24.0 Å². The number of nitrogens with zero attached hydrogens (tertiary/aromatic N) is 3. The lowest BCUT2D eigenvalue weighted by Crippen LogP contribution is -2.53. The molecule has 3 aliphatic rings. The molecule has 2 saturated heterocycles. The molecule has 41 heavy (non-hydrogen) atoms. The standard InChI is InChI=1S/C32H37N3O6/c1-32(2,3)41-31(39)34-16-23-7-5-4-6-20(23)15-27(34)28(36)17-33-13-12-21-14-22(8-11-26(21)30(33)38)29(37)35-24-9-10-25(35)19-40-18-24/h4-8,11-14,24-25,27-28,36H,9-10,15-19H2,1-3H3/t24-,25-,27-,28+/m0/s1. The number of morpholine rings is 1. The fourth-order valence-electron chi connectivity index (χ4n) is 6.41. The molecule has 3 aromatic rings. The summed E-state index contributed by atoms with van der Waals surface area (Å²) in [5.41, 5.74) is 1.70. The van der Waals surface area contributed by atoms with Crippen LogP contribution in [0.5, 0.6) is 0 Å². The number of ether oxygens (including phenoxy) is 2. The third-order valence-electron chi connectivity index (χ3n) is 8.44. The van der Waals surface area contributed by atoms with E-state index in [4.69, 9.17) is 9.47 Å². The number of fused-ring (bicyclic) bond motifs is 4. The number of aliphatic hydroxyl groups excluding tert-OH is 1. The normalized spacial score (nSPS) is 22.9. The van der Waals surface area contributed by atoms with Gasteiger partial charge in [-0.1, -0.05) is 24.3 Å². The number of hydrogen-bond donors (Lipinski definition) is 1. The molecule has 0 spiro atoms. The summed E-state index contributed by atoms with van der Waals surface area (Å²) in [6.45, 7) is 6.91. The number of hydrogen-bond acceptors (Lipinski definition) is 6. The van der Waals surface area contributed by atoms with Crippen LogP contribution in [-0.4, -0.2) is 74.5 Å². The summed E-state index contributed by atoms with van der Waals surface area (Å²) >= 11 is 0. The van der Waals surface area contributed by atoms with Crippen molar-refractivity contribution in [2.45, 2.75) is 83.0 Å². The zero-order valence-electron chi connectivity index (χ0n) is 23.8. The van der Waals surface area contributed by atoms with E-state index in [1.807, 2.05) is 49.9 Å². The molecule has 4 heterocycles. The molecule has 9 heteroatoms. The lowest BCUT2D eigenvalue weighted by atomic mass is 9.91. The molecule has 1 N–H and O–H groups in total. The zero-order chi connectivity index (χ0) is 28.9. The Hall–Kier alpha value is -3.69. The highest BCUT2D eigenvalue weighted by molar-refractivity contribution is 5.99. The number of rotatable bonds is 4. The molecule has 3 aliphatic heterocycles. The van der Waals surface area contributed by atoms with E-state index in [0.717, 1.165) is 24.0 Å². The third kappa shape index (κ3) is 5.36. The minimum absolute atomic E-state index is 0.0126. The fourth-order valence-corrected chi connectivity index (χ4v) is 6.41. The first kappa shape index (κ1) is 27.5. The summed E-state index contributed by atoms with van der Waals surface area (Å²) in [5, 5.41) is 12.6. The first-order valence-corrected chi connectivity index (χ1v) is 14.4. The van der Waals surface area contributed by atoms with Gasteiger partial charge in [0.25, 0.3) is 11.5 Å². The molecule has 4 atom stereocenters. The maximum atomic E-state index is 13.5. The molecule has 1 aromatic heterocycles. The Morgan fingerprint density at radius 3 is 2.46 bits per heavy atom. The summed E-state index contributed by atoms with van der Waals surface area (Å²) in [6, 6.07) is 14.5. The van der Waals surface area contributed by atoms with Gasteiger partial charge in [-0.2, -0.15) is 0 Å². The zero-order valence-corrected chi connectivity index (χ0v) is 23.8. The second-order valence-corrected chi connectivity index (χ2v) is 12.4. The SMILES string of the molecule is CC(C)(C)OC(=O)N1Cc2ccccc2C[C@H]1[C@H](O)Cn1ccc2cc(C(=O)N3[C@H]4CC[C@H]3COC4)ccc2c1=O. The summed E-state index contributed by atoms with van der Waals surface area (Å²) in [7, 11) is 0. The first-order chi connectivity index (χ1) is 19.6. The van der Waals surface area contributed by atoms with Gasteiger partial charge in [0.2, 0.25) is 0 Å². The molecule has 2 amide bonds. The van der Waals surface area contributed by atoms with Crippen LogP contribution in [0.2, 0.25) is 0 Å². The Morgan fingerprint density at radius 2 is 1.76 bits per heavy atom. The number of carbonyl (C=O) groups excluding carboxylic acids is 2. The highest BCUT2D eigenvalue weighted by atomic mass is 16.6. The molecule has 6 rings (SSSR count). The van der Waals surface area contributed by atoms with Crippen molar-refractivity contribution in [2.24, 2.45) is 0 Å². The van der Waals surface area contributed by atoms with Crippen LogP contribution >= 0.6 is 0 Å². The van der Waals surface area contributed by atoms with Crippen molar-refractivity contribution in [3.63, 3.8) is 0 Å². The Labute approximate surface area is 239 Å². The van der Waals surface area contributed by atoms with Crippen molar-refractivity contribution in [2.75, 3.05) is 13.2 Å². The average Bonchev–Trinajstić information content (AvgIpc) is 3.19. The summed E-state index contributed by atoms with van der Waals surface area (Å²) < 4.78 is 12.8. The van der Waals surface area contributed by atoms with E-state index in [2.05, 4.69) is 0 Å². The van der Waals surface area contributed by atoms with E-state index in [0.29, 0.717) is 42.5 Å². The van der Waals surface area contributed by atoms with Crippen molar-refractivity contribution >= 4 is 22.8 Å². The number of benzene rings is 2. The van der Waals surface area contributed by atoms with Crippen LogP contribution in [0.15, 0.2) is 59.5 Å². The van der Waals surface area contributed by atoms with Gasteiger partial charge in [-0.3, -0.25) is 14.5 Å². The summed E-state index contributed by atoms with van der Waals surface area (Å²) in [6.07, 6.45) is 2.50. The second kappa shape index (κ2) is 10.6. The molecule has 216 valence electrons. The Morgan fingerprint density at radius 1 is 1.05 bits per heavy atom. The number of aliphatic hydroxyl groups is 1. The van der Waals surface area contributed by atoms with Crippen molar-refractivity contribution in [1.82, 2.24) is 14.4 Å². The quantitative estimate of drug-likeness (QED) is 0.523. The number of amides is 2. The first-order valence-electron chi connectivity index (χ1n) is 14.4. The van der Waals surface area contributed by atoms with E-state index in [9.17, 15) is 19.5 Å². The van der Waals surface area contributed by atoms with Gasteiger partial charge in [-0.05, 0) is 80.8 Å². The predicted octanol–water partition coefficient (Wildman–Crippen LogP) is 3.73. The highest BCUT2D eigenvalue weighted by Crippen LogP contribution is 2.31. The van der Waals surface area contributed by atoms with Crippen LogP contribution < -0.4 is 5.56 Å². The molecule has 0 radical (unpaired) electrons. The fraction of sp³-hybridized carbons (Fsp3) is 0.469. The molecule has 2 bridgehead atoms. The topological polar surface area (TPSA) is 101 Å². The molecule has 0 saturated carbocycles. The molecule has 2 fully saturated rings. The van der Waals surface area contributed by atoms with Gasteiger partial charge >= 0.3 is 6.09 Å². The van der Waals surface area contributed by atoms with Crippen LogP contribution in [0.1, 0.15) is 55.1 Å². The van der Waals surface area contributed by atoms with Crippen molar-refractivity contribution in [3.05, 3.63) is 81.8 Å². The molecule has 0 unspecified atom stereocenters. The van der Waals surface area contributed by atoms with Gasteiger partial charge in [-0.15, -0.1) is 0 Å². The lowest BCUT2D eigenvalue weighted by molar-refractivity contribution is -0.0154. The molecule has 2 aromatic carbocycles. The maximum absolute atomic E-state index is 13.5. The minimum atomic E-state index is -1.01. The molecule has 0 aliphatic carbocycles.